The molecule has 24 nitrogen and oxygen atoms in total. The number of aliphatic carboxylic acids is 2. The third kappa shape index (κ3) is 16.9. The SMILES string of the molecule is CC[C@H](C)[C@H](NC(=O)CN)C(=O)N[C@H](C(=O)N[C@@H](Cc1c[nH]c2ccccc12)C(=O)N[C@@H](Cc1ccccc1)C(=O)N[C@@H](Cc1c[nH]c2ccccc12)C(=O)N[C@@H](Cc1c[nH]c2ccccc12)C(=O)N[C@@H](CC(=O)O)C(=O)NCC(=O)O)C(C)C. The Bertz CT molecular complexity index is 3540. The van der Waals surface area contributed by atoms with Crippen LogP contribution in [0.3, 0.4) is 0 Å². The third-order valence-corrected chi connectivity index (χ3v) is 14.8. The maximum Gasteiger partial charge on any atom is 0.322 e. The highest BCUT2D eigenvalue weighted by atomic mass is 16.4. The van der Waals surface area contributed by atoms with Gasteiger partial charge in [-0.05, 0) is 52.3 Å². The molecule has 7 aromatic rings. The molecule has 85 heavy (non-hydrogen) atoms. The summed E-state index contributed by atoms with van der Waals surface area (Å²) in [6.45, 7) is 5.78. The summed E-state index contributed by atoms with van der Waals surface area (Å²) in [6, 6.07) is 20.4. The fraction of sp³-hybridized carbons (Fsp3) is 0.344. The van der Waals surface area contributed by atoms with E-state index in [4.69, 9.17) is 5.73 Å². The van der Waals surface area contributed by atoms with Crippen molar-refractivity contribution in [3.63, 3.8) is 0 Å². The number of aromatic amines is 3. The minimum atomic E-state index is -1.78. The first kappa shape index (κ1) is 62.8. The molecule has 7 rings (SSSR count). The highest BCUT2D eigenvalue weighted by Crippen LogP contribution is 2.23. The Morgan fingerprint density at radius 2 is 0.835 bits per heavy atom. The fourth-order valence-corrected chi connectivity index (χ4v) is 9.98. The van der Waals surface area contributed by atoms with Gasteiger partial charge in [-0.3, -0.25) is 47.9 Å². The van der Waals surface area contributed by atoms with Gasteiger partial charge < -0.3 is 73.4 Å². The van der Waals surface area contributed by atoms with Gasteiger partial charge in [0.15, 0.2) is 0 Å². The molecular weight excluding hydrogens is 1090 g/mol. The van der Waals surface area contributed by atoms with Crippen LogP contribution in [-0.2, 0) is 73.6 Å². The van der Waals surface area contributed by atoms with Crippen molar-refractivity contribution in [3.05, 3.63) is 144 Å². The van der Waals surface area contributed by atoms with Gasteiger partial charge in [0.1, 0.15) is 48.8 Å². The van der Waals surface area contributed by atoms with Gasteiger partial charge in [-0.2, -0.15) is 0 Å². The van der Waals surface area contributed by atoms with Crippen LogP contribution in [0.25, 0.3) is 32.7 Å². The normalized spacial score (nSPS) is 14.1. The zero-order valence-electron chi connectivity index (χ0n) is 47.5. The number of carbonyl (C=O) groups is 10. The first-order valence-corrected chi connectivity index (χ1v) is 27.9. The number of para-hydroxylation sites is 3. The number of benzene rings is 4. The average molecular weight is 1170 g/mol. The van der Waals surface area contributed by atoms with Crippen molar-refractivity contribution in [2.75, 3.05) is 13.1 Å². The molecule has 448 valence electrons. The number of fused-ring (bicyclic) bond motifs is 3. The molecule has 24 heteroatoms. The second-order valence-corrected chi connectivity index (χ2v) is 21.3. The topological polar surface area (TPSA) is 381 Å². The third-order valence-electron chi connectivity index (χ3n) is 14.8. The van der Waals surface area contributed by atoms with E-state index in [9.17, 15) is 43.8 Å². The van der Waals surface area contributed by atoms with E-state index in [1.54, 1.807) is 106 Å². The highest BCUT2D eigenvalue weighted by molar-refractivity contribution is 6.00. The molecule has 4 aromatic carbocycles. The number of carboxylic acid groups (broad SMARTS) is 2. The minimum absolute atomic E-state index is 0.109. The number of carbonyl (C=O) groups excluding carboxylic acids is 8. The molecule has 8 amide bonds. The predicted molar refractivity (Wildman–Crippen MR) is 316 cm³/mol. The van der Waals surface area contributed by atoms with E-state index < -0.39 is 120 Å². The van der Waals surface area contributed by atoms with Gasteiger partial charge >= 0.3 is 11.9 Å². The van der Waals surface area contributed by atoms with Gasteiger partial charge in [-0.25, -0.2) is 0 Å². The van der Waals surface area contributed by atoms with Gasteiger partial charge in [0.2, 0.25) is 47.3 Å². The molecule has 0 spiro atoms. The number of nitrogens with one attached hydrogen (secondary N) is 11. The quantitative estimate of drug-likeness (QED) is 0.0307. The van der Waals surface area contributed by atoms with Crippen LogP contribution in [0.15, 0.2) is 122 Å². The molecule has 15 N–H and O–H groups in total. The molecule has 0 unspecified atom stereocenters. The van der Waals surface area contributed by atoms with Gasteiger partial charge in [0.25, 0.3) is 0 Å². The number of nitrogens with two attached hydrogens (primary N) is 1. The maximum atomic E-state index is 15.2. The van der Waals surface area contributed by atoms with E-state index in [-0.39, 0.29) is 38.1 Å². The number of hydrogen-bond donors (Lipinski definition) is 14. The molecule has 0 radical (unpaired) electrons. The lowest BCUT2D eigenvalue weighted by Crippen LogP contribution is -2.62. The van der Waals surface area contributed by atoms with Crippen LogP contribution in [-0.4, -0.2) is 140 Å². The largest absolute Gasteiger partial charge is 0.481 e. The number of carboxylic acids is 2. The molecule has 0 bridgehead atoms. The van der Waals surface area contributed by atoms with E-state index >= 15 is 14.4 Å². The Morgan fingerprint density at radius 1 is 0.447 bits per heavy atom. The van der Waals surface area contributed by atoms with Crippen molar-refractivity contribution >= 4 is 91.9 Å². The minimum Gasteiger partial charge on any atom is -0.481 e. The van der Waals surface area contributed by atoms with Crippen molar-refractivity contribution in [1.29, 1.82) is 0 Å². The number of amides is 8. The smallest absolute Gasteiger partial charge is 0.322 e. The average Bonchev–Trinajstić information content (AvgIpc) is 4.37. The first-order valence-electron chi connectivity index (χ1n) is 27.9. The fourth-order valence-electron chi connectivity index (χ4n) is 9.98. The lowest BCUT2D eigenvalue weighted by Gasteiger charge is -2.30. The summed E-state index contributed by atoms with van der Waals surface area (Å²) >= 11 is 0. The number of rotatable bonds is 30. The second kappa shape index (κ2) is 29.4. The lowest BCUT2D eigenvalue weighted by atomic mass is 9.96. The van der Waals surface area contributed by atoms with Gasteiger partial charge in [0.05, 0.1) is 13.0 Å². The molecule has 3 aromatic heterocycles. The molecular formula is C61H72N12O12. The van der Waals surface area contributed by atoms with Crippen LogP contribution in [0.1, 0.15) is 62.8 Å². The molecule has 8 atom stereocenters. The van der Waals surface area contributed by atoms with Crippen LogP contribution < -0.4 is 48.3 Å². The highest BCUT2D eigenvalue weighted by Gasteiger charge is 2.37. The maximum absolute atomic E-state index is 15.2. The summed E-state index contributed by atoms with van der Waals surface area (Å²) < 4.78 is 0. The molecule has 0 saturated heterocycles. The van der Waals surface area contributed by atoms with E-state index in [1.807, 2.05) is 43.3 Å². The van der Waals surface area contributed by atoms with Crippen molar-refractivity contribution in [2.45, 2.75) is 109 Å². The number of hydrogen-bond acceptors (Lipinski definition) is 11. The van der Waals surface area contributed by atoms with Crippen LogP contribution >= 0.6 is 0 Å². The monoisotopic (exact) mass is 1160 g/mol. The van der Waals surface area contributed by atoms with Crippen molar-refractivity contribution in [2.24, 2.45) is 17.6 Å². The van der Waals surface area contributed by atoms with Crippen molar-refractivity contribution in [3.8, 4) is 0 Å². The van der Waals surface area contributed by atoms with Crippen molar-refractivity contribution < 1.29 is 58.2 Å². The first-order chi connectivity index (χ1) is 40.7. The Kier molecular flexibility index (Phi) is 21.7. The molecule has 0 aliphatic heterocycles. The summed E-state index contributed by atoms with van der Waals surface area (Å²) in [5, 5.41) is 42.3. The van der Waals surface area contributed by atoms with Gasteiger partial charge in [-0.1, -0.05) is 119 Å². The van der Waals surface area contributed by atoms with Gasteiger partial charge in [0, 0.05) is 77.0 Å². The molecule has 0 aliphatic rings. The summed E-state index contributed by atoms with van der Waals surface area (Å²) in [5.41, 5.74) is 10.0. The van der Waals surface area contributed by atoms with Crippen molar-refractivity contribution in [1.82, 2.24) is 57.5 Å². The molecule has 3 heterocycles. The zero-order chi connectivity index (χ0) is 61.3. The molecule has 0 fully saturated rings. The Labute approximate surface area is 489 Å². The van der Waals surface area contributed by atoms with Gasteiger partial charge in [-0.15, -0.1) is 0 Å². The predicted octanol–water partition coefficient (Wildman–Crippen LogP) is 2.13. The van der Waals surface area contributed by atoms with Crippen LogP contribution in [0.5, 0.6) is 0 Å². The molecule has 0 saturated carbocycles. The van der Waals surface area contributed by atoms with E-state index in [0.29, 0.717) is 50.5 Å². The Balaban J connectivity index is 1.23. The van der Waals surface area contributed by atoms with Crippen LogP contribution in [0, 0.1) is 11.8 Å². The van der Waals surface area contributed by atoms with E-state index in [1.165, 1.54) is 0 Å². The lowest BCUT2D eigenvalue weighted by molar-refractivity contribution is -0.141. The Morgan fingerprint density at radius 3 is 1.24 bits per heavy atom. The van der Waals surface area contributed by atoms with Crippen LogP contribution in [0.2, 0.25) is 0 Å². The summed E-state index contributed by atoms with van der Waals surface area (Å²) in [5.74, 6) is -10.5. The van der Waals surface area contributed by atoms with Crippen LogP contribution in [0.4, 0.5) is 0 Å². The standard InChI is InChI=1S/C61H72N12O12/c1-5-34(4)54(72-50(74)28-62)61(85)73-53(33(2)3)60(84)71-48(26-38-31-65-44-22-14-11-19-41(38)44)59(83)67-45(23-35-15-7-6-8-16-35)56(80)68-46(24-36-29-63-42-20-12-9-17-39(36)42)57(81)69-47(25-37-30-64-43-21-13-10-18-40(37)43)58(82)70-49(27-51(75)76)55(79)66-32-52(77)78/h6-22,29-31,33-34,45-49,53-54,63-65H,5,23-28,32,62H2,1-4H3,(H,66,79)(H,67,83)(H,68,80)(H,69,81)(H,70,82)(H,71,84)(H,72,74)(H,73,85)(H,75,76)(H,77,78)/t34-,45-,46-,47-,48-,49-,53-,54-/m0/s1. The Hall–Kier alpha value is -9.84. The second-order valence-electron chi connectivity index (χ2n) is 21.3. The molecule has 0 aliphatic carbocycles. The van der Waals surface area contributed by atoms with E-state index in [0.717, 1.165) is 10.9 Å². The van der Waals surface area contributed by atoms with E-state index in [2.05, 4.69) is 57.5 Å². The summed E-state index contributed by atoms with van der Waals surface area (Å²) in [6.07, 6.45) is 3.87. The summed E-state index contributed by atoms with van der Waals surface area (Å²) in [4.78, 5) is 147. The number of aromatic nitrogens is 3. The zero-order valence-corrected chi connectivity index (χ0v) is 47.5. The number of H-pyrrole nitrogens is 3. The summed E-state index contributed by atoms with van der Waals surface area (Å²) in [7, 11) is 0.